The number of rotatable bonds is 11. The Morgan fingerprint density at radius 1 is 1.03 bits per heavy atom. The third-order valence-corrected chi connectivity index (χ3v) is 5.89. The van der Waals surface area contributed by atoms with Gasteiger partial charge >= 0.3 is 0 Å². The van der Waals surface area contributed by atoms with E-state index >= 15 is 0 Å². The molecule has 0 aliphatic rings. The number of ether oxygens (including phenoxy) is 4. The number of methoxy groups -OCH3 is 4. The zero-order chi connectivity index (χ0) is 24.7. The highest BCUT2D eigenvalue weighted by molar-refractivity contribution is 7.98. The molecule has 0 saturated carbocycles. The van der Waals surface area contributed by atoms with Gasteiger partial charge in [-0.2, -0.15) is 11.8 Å². The van der Waals surface area contributed by atoms with Crippen molar-refractivity contribution in [3.63, 3.8) is 0 Å². The van der Waals surface area contributed by atoms with Gasteiger partial charge in [0.25, 0.3) is 0 Å². The van der Waals surface area contributed by atoms with Crippen molar-refractivity contribution in [3.8, 4) is 45.4 Å². The quantitative estimate of drug-likeness (QED) is 0.413. The van der Waals surface area contributed by atoms with Gasteiger partial charge in [0.15, 0.2) is 11.5 Å². The molecule has 0 bridgehead atoms. The molecule has 1 unspecified atom stereocenters. The molecule has 1 aromatic heterocycles. The lowest BCUT2D eigenvalue weighted by atomic mass is 10.0. The van der Waals surface area contributed by atoms with Crippen LogP contribution in [0.2, 0.25) is 0 Å². The van der Waals surface area contributed by atoms with E-state index in [1.54, 1.807) is 64.5 Å². The SMILES string of the molecule is COc1ccc(-c2conc2-c2cc(OC)c(OC)c(OC)c2)cc1NC(=O)C(N)CCSC. The molecule has 34 heavy (non-hydrogen) atoms. The number of nitrogens with zero attached hydrogens (tertiary/aromatic N) is 1. The van der Waals surface area contributed by atoms with Crippen LogP contribution in [0.4, 0.5) is 5.69 Å². The average molecular weight is 488 g/mol. The molecule has 182 valence electrons. The number of hydrogen-bond acceptors (Lipinski definition) is 9. The number of amides is 1. The number of carbonyl (C=O) groups is 1. The molecule has 3 rings (SSSR count). The Labute approximate surface area is 202 Å². The van der Waals surface area contributed by atoms with Gasteiger partial charge in [-0.05, 0) is 48.3 Å². The van der Waals surface area contributed by atoms with Crippen molar-refractivity contribution in [1.82, 2.24) is 5.16 Å². The van der Waals surface area contributed by atoms with Crippen molar-refractivity contribution in [3.05, 3.63) is 36.6 Å². The fraction of sp³-hybridized carbons (Fsp3) is 0.333. The van der Waals surface area contributed by atoms with Gasteiger partial charge in [-0.1, -0.05) is 11.2 Å². The molecule has 10 heteroatoms. The molecule has 9 nitrogen and oxygen atoms in total. The molecule has 0 aliphatic heterocycles. The van der Waals surface area contributed by atoms with E-state index in [4.69, 9.17) is 29.2 Å². The molecule has 0 saturated heterocycles. The highest BCUT2D eigenvalue weighted by atomic mass is 32.2. The molecule has 3 aromatic rings. The van der Waals surface area contributed by atoms with Crippen LogP contribution >= 0.6 is 11.8 Å². The van der Waals surface area contributed by atoms with E-state index in [9.17, 15) is 4.79 Å². The summed E-state index contributed by atoms with van der Waals surface area (Å²) >= 11 is 1.64. The number of thioether (sulfide) groups is 1. The molecular formula is C24H29N3O6S. The Morgan fingerprint density at radius 3 is 2.29 bits per heavy atom. The predicted molar refractivity (Wildman–Crippen MR) is 133 cm³/mol. The Hall–Kier alpha value is -3.37. The maximum absolute atomic E-state index is 12.6. The summed E-state index contributed by atoms with van der Waals surface area (Å²) in [7, 11) is 6.18. The third kappa shape index (κ3) is 5.40. The van der Waals surface area contributed by atoms with Crippen LogP contribution in [-0.2, 0) is 4.79 Å². The number of nitrogens with one attached hydrogen (secondary N) is 1. The number of anilines is 1. The number of carbonyl (C=O) groups excluding carboxylic acids is 1. The molecule has 0 radical (unpaired) electrons. The first-order valence-corrected chi connectivity index (χ1v) is 11.8. The van der Waals surface area contributed by atoms with Crippen LogP contribution in [0, 0.1) is 0 Å². The zero-order valence-electron chi connectivity index (χ0n) is 19.8. The van der Waals surface area contributed by atoms with Crippen LogP contribution in [0.25, 0.3) is 22.4 Å². The minimum absolute atomic E-state index is 0.278. The summed E-state index contributed by atoms with van der Waals surface area (Å²) in [5.41, 5.74) is 9.28. The van der Waals surface area contributed by atoms with Crippen molar-refractivity contribution in [2.75, 3.05) is 45.8 Å². The van der Waals surface area contributed by atoms with Crippen LogP contribution in [0.15, 0.2) is 41.1 Å². The molecule has 0 spiro atoms. The Balaban J connectivity index is 2.00. The van der Waals surface area contributed by atoms with Crippen molar-refractivity contribution in [2.45, 2.75) is 12.5 Å². The van der Waals surface area contributed by atoms with Crippen molar-refractivity contribution in [2.24, 2.45) is 5.73 Å². The lowest BCUT2D eigenvalue weighted by molar-refractivity contribution is -0.117. The van der Waals surface area contributed by atoms with Gasteiger partial charge in [0.2, 0.25) is 11.7 Å². The van der Waals surface area contributed by atoms with Gasteiger partial charge < -0.3 is 34.5 Å². The maximum Gasteiger partial charge on any atom is 0.241 e. The number of nitrogens with two attached hydrogens (primary N) is 1. The Morgan fingerprint density at radius 2 is 1.71 bits per heavy atom. The van der Waals surface area contributed by atoms with E-state index in [0.29, 0.717) is 51.9 Å². The highest BCUT2D eigenvalue weighted by Crippen LogP contribution is 2.43. The largest absolute Gasteiger partial charge is 0.495 e. The van der Waals surface area contributed by atoms with Crippen molar-refractivity contribution < 1.29 is 28.3 Å². The summed E-state index contributed by atoms with van der Waals surface area (Å²) in [6, 6.07) is 8.39. The molecule has 2 aromatic carbocycles. The molecular weight excluding hydrogens is 458 g/mol. The molecule has 3 N–H and O–H groups in total. The number of benzene rings is 2. The normalized spacial score (nSPS) is 11.6. The predicted octanol–water partition coefficient (Wildman–Crippen LogP) is 4.06. The minimum atomic E-state index is -0.619. The maximum atomic E-state index is 12.6. The standard InChI is InChI=1S/C24H29N3O6S/c1-29-19-7-6-14(10-18(19)26-24(28)17(25)8-9-34-5)16-13-33-27-22(16)15-11-20(30-2)23(32-4)21(12-15)31-3/h6-7,10-13,17H,8-9,25H2,1-5H3,(H,26,28). The Bertz CT molecular complexity index is 1110. The fourth-order valence-electron chi connectivity index (χ4n) is 3.44. The van der Waals surface area contributed by atoms with Gasteiger partial charge in [0.1, 0.15) is 17.7 Å². The first kappa shape index (κ1) is 25.3. The monoisotopic (exact) mass is 487 g/mol. The summed E-state index contributed by atoms with van der Waals surface area (Å²) < 4.78 is 27.1. The van der Waals surface area contributed by atoms with Crippen molar-refractivity contribution in [1.29, 1.82) is 0 Å². The van der Waals surface area contributed by atoms with Crippen LogP contribution in [0.1, 0.15) is 6.42 Å². The molecule has 0 aliphatic carbocycles. The minimum Gasteiger partial charge on any atom is -0.495 e. The second kappa shape index (κ2) is 11.7. The topological polar surface area (TPSA) is 118 Å². The van der Waals surface area contributed by atoms with Crippen LogP contribution in [0.3, 0.4) is 0 Å². The van der Waals surface area contributed by atoms with E-state index in [0.717, 1.165) is 11.3 Å². The van der Waals surface area contributed by atoms with E-state index in [2.05, 4.69) is 10.5 Å². The molecule has 1 atom stereocenters. The van der Waals surface area contributed by atoms with E-state index < -0.39 is 6.04 Å². The lowest BCUT2D eigenvalue weighted by Gasteiger charge is -2.16. The summed E-state index contributed by atoms with van der Waals surface area (Å²) in [6.45, 7) is 0. The second-order valence-corrected chi connectivity index (χ2v) is 8.27. The second-order valence-electron chi connectivity index (χ2n) is 7.28. The summed E-state index contributed by atoms with van der Waals surface area (Å²) in [5, 5.41) is 7.07. The van der Waals surface area contributed by atoms with Gasteiger partial charge in [0, 0.05) is 11.1 Å². The fourth-order valence-corrected chi connectivity index (χ4v) is 3.93. The smallest absolute Gasteiger partial charge is 0.241 e. The summed E-state index contributed by atoms with van der Waals surface area (Å²) in [4.78, 5) is 12.6. The summed E-state index contributed by atoms with van der Waals surface area (Å²) in [6.07, 6.45) is 4.09. The van der Waals surface area contributed by atoms with Gasteiger partial charge in [-0.3, -0.25) is 4.79 Å². The average Bonchev–Trinajstić information content (AvgIpc) is 3.36. The van der Waals surface area contributed by atoms with Crippen LogP contribution in [0.5, 0.6) is 23.0 Å². The van der Waals surface area contributed by atoms with Gasteiger partial charge in [-0.25, -0.2) is 0 Å². The summed E-state index contributed by atoms with van der Waals surface area (Å²) in [5.74, 6) is 2.50. The van der Waals surface area contributed by atoms with Gasteiger partial charge in [-0.15, -0.1) is 0 Å². The first-order valence-electron chi connectivity index (χ1n) is 10.5. The van der Waals surface area contributed by atoms with Gasteiger partial charge in [0.05, 0.1) is 40.2 Å². The van der Waals surface area contributed by atoms with E-state index in [-0.39, 0.29) is 5.91 Å². The van der Waals surface area contributed by atoms with Crippen LogP contribution < -0.4 is 30.0 Å². The van der Waals surface area contributed by atoms with Crippen molar-refractivity contribution >= 4 is 23.4 Å². The molecule has 1 amide bonds. The third-order valence-electron chi connectivity index (χ3n) is 5.25. The number of aromatic nitrogens is 1. The van der Waals surface area contributed by atoms with Crippen LogP contribution in [-0.4, -0.2) is 57.6 Å². The van der Waals surface area contributed by atoms with E-state index in [1.165, 1.54) is 6.26 Å². The molecule has 1 heterocycles. The Kier molecular flexibility index (Phi) is 8.67. The highest BCUT2D eigenvalue weighted by Gasteiger charge is 2.21. The number of hydrogen-bond donors (Lipinski definition) is 2. The van der Waals surface area contributed by atoms with E-state index in [1.807, 2.05) is 12.3 Å². The molecule has 0 fully saturated rings. The zero-order valence-corrected chi connectivity index (χ0v) is 20.7. The lowest BCUT2D eigenvalue weighted by Crippen LogP contribution is -2.36. The first-order chi connectivity index (χ1) is 16.5.